The van der Waals surface area contributed by atoms with Crippen LogP contribution in [0.15, 0.2) is 46.9 Å². The minimum atomic E-state index is -0.488. The van der Waals surface area contributed by atoms with Crippen LogP contribution < -0.4 is 9.64 Å². The molecule has 126 valence electrons. The number of hydrogen-bond donors (Lipinski definition) is 0. The van der Waals surface area contributed by atoms with E-state index in [-0.39, 0.29) is 11.5 Å². The second-order valence-electron chi connectivity index (χ2n) is 5.60. The molecule has 0 spiro atoms. The van der Waals surface area contributed by atoms with Crippen molar-refractivity contribution in [2.75, 3.05) is 38.2 Å². The fourth-order valence-corrected chi connectivity index (χ4v) is 3.17. The number of amides is 1. The van der Waals surface area contributed by atoms with Crippen LogP contribution in [-0.4, -0.2) is 44.1 Å². The summed E-state index contributed by atoms with van der Waals surface area (Å²) in [5, 5.41) is 0. The lowest BCUT2D eigenvalue weighted by Gasteiger charge is -2.36. The molecule has 1 saturated heterocycles. The van der Waals surface area contributed by atoms with Crippen molar-refractivity contribution in [3.63, 3.8) is 0 Å². The summed E-state index contributed by atoms with van der Waals surface area (Å²) in [6.07, 6.45) is 0. The molecule has 2 aromatic carbocycles. The summed E-state index contributed by atoms with van der Waals surface area (Å²) >= 11 is 3.28. The van der Waals surface area contributed by atoms with Gasteiger partial charge < -0.3 is 14.5 Å². The first-order chi connectivity index (χ1) is 11.6. The van der Waals surface area contributed by atoms with Crippen molar-refractivity contribution in [2.24, 2.45) is 0 Å². The molecule has 1 aliphatic rings. The van der Waals surface area contributed by atoms with Crippen LogP contribution in [0.1, 0.15) is 10.4 Å². The van der Waals surface area contributed by atoms with Gasteiger partial charge in [0, 0.05) is 42.4 Å². The highest BCUT2D eigenvalue weighted by Gasteiger charge is 2.24. The van der Waals surface area contributed by atoms with Gasteiger partial charge in [-0.1, -0.05) is 22.0 Å². The third-order valence-electron chi connectivity index (χ3n) is 4.14. The van der Waals surface area contributed by atoms with E-state index in [9.17, 15) is 9.18 Å². The minimum Gasteiger partial charge on any atom is -0.497 e. The molecule has 2 aromatic rings. The second-order valence-corrected chi connectivity index (χ2v) is 6.52. The van der Waals surface area contributed by atoms with Gasteiger partial charge in [-0.05, 0) is 30.3 Å². The summed E-state index contributed by atoms with van der Waals surface area (Å²) in [7, 11) is 1.64. The normalized spacial score (nSPS) is 14.6. The first-order valence-electron chi connectivity index (χ1n) is 7.72. The van der Waals surface area contributed by atoms with Crippen molar-refractivity contribution in [1.82, 2.24) is 4.90 Å². The van der Waals surface area contributed by atoms with E-state index in [0.717, 1.165) is 11.4 Å². The molecule has 0 bridgehead atoms. The van der Waals surface area contributed by atoms with Crippen LogP contribution in [0.5, 0.6) is 5.75 Å². The van der Waals surface area contributed by atoms with Crippen LogP contribution in [-0.2, 0) is 0 Å². The molecule has 1 amide bonds. The van der Waals surface area contributed by atoms with Crippen molar-refractivity contribution in [3.05, 3.63) is 58.3 Å². The fourth-order valence-electron chi connectivity index (χ4n) is 2.81. The molecule has 1 aliphatic heterocycles. The summed E-state index contributed by atoms with van der Waals surface area (Å²) in [5.41, 5.74) is 1.18. The topological polar surface area (TPSA) is 32.8 Å². The van der Waals surface area contributed by atoms with E-state index in [2.05, 4.69) is 20.8 Å². The van der Waals surface area contributed by atoms with Crippen LogP contribution >= 0.6 is 15.9 Å². The van der Waals surface area contributed by atoms with Gasteiger partial charge in [0.05, 0.1) is 12.7 Å². The number of methoxy groups -OCH3 is 1. The van der Waals surface area contributed by atoms with Gasteiger partial charge in [0.2, 0.25) is 0 Å². The number of anilines is 1. The fraction of sp³-hybridized carbons (Fsp3) is 0.278. The first-order valence-corrected chi connectivity index (χ1v) is 8.51. The van der Waals surface area contributed by atoms with Crippen molar-refractivity contribution in [3.8, 4) is 5.75 Å². The number of carbonyl (C=O) groups excluding carboxylic acids is 1. The Bertz CT molecular complexity index is 746. The maximum atomic E-state index is 13.9. The summed E-state index contributed by atoms with van der Waals surface area (Å²) in [4.78, 5) is 16.4. The number of hydrogen-bond acceptors (Lipinski definition) is 3. The van der Waals surface area contributed by atoms with Crippen molar-refractivity contribution < 1.29 is 13.9 Å². The van der Waals surface area contributed by atoms with Crippen molar-refractivity contribution >= 4 is 27.5 Å². The molecule has 4 nitrogen and oxygen atoms in total. The van der Waals surface area contributed by atoms with Crippen molar-refractivity contribution in [1.29, 1.82) is 0 Å². The van der Waals surface area contributed by atoms with Gasteiger partial charge in [-0.15, -0.1) is 0 Å². The molecule has 1 fully saturated rings. The van der Waals surface area contributed by atoms with E-state index in [1.807, 2.05) is 24.3 Å². The Kier molecular flexibility index (Phi) is 5.04. The van der Waals surface area contributed by atoms with Gasteiger partial charge in [0.25, 0.3) is 5.91 Å². The van der Waals surface area contributed by atoms with E-state index in [4.69, 9.17) is 4.74 Å². The summed E-state index contributed by atoms with van der Waals surface area (Å²) in [6.45, 7) is 2.52. The van der Waals surface area contributed by atoms with Crippen LogP contribution in [0.2, 0.25) is 0 Å². The Balaban J connectivity index is 1.68. The summed E-state index contributed by atoms with van der Waals surface area (Å²) < 4.78 is 19.9. The zero-order valence-electron chi connectivity index (χ0n) is 13.3. The highest BCUT2D eigenvalue weighted by molar-refractivity contribution is 9.10. The number of benzene rings is 2. The number of ether oxygens (including phenoxy) is 1. The van der Waals surface area contributed by atoms with Gasteiger partial charge >= 0.3 is 0 Å². The zero-order valence-corrected chi connectivity index (χ0v) is 14.9. The number of rotatable bonds is 3. The van der Waals surface area contributed by atoms with E-state index >= 15 is 0 Å². The Morgan fingerprint density at radius 1 is 1.12 bits per heavy atom. The molecule has 6 heteroatoms. The predicted molar refractivity (Wildman–Crippen MR) is 95.2 cm³/mol. The Hall–Kier alpha value is -2.08. The van der Waals surface area contributed by atoms with E-state index in [1.54, 1.807) is 18.1 Å². The number of piperazine rings is 1. The highest BCUT2D eigenvalue weighted by atomic mass is 79.9. The average molecular weight is 393 g/mol. The average Bonchev–Trinajstić information content (AvgIpc) is 2.63. The minimum absolute atomic E-state index is 0.110. The summed E-state index contributed by atoms with van der Waals surface area (Å²) in [5.74, 6) is 0.0553. The first kappa shape index (κ1) is 16.8. The lowest BCUT2D eigenvalue weighted by molar-refractivity contribution is 0.0742. The van der Waals surface area contributed by atoms with Gasteiger partial charge in [-0.25, -0.2) is 4.39 Å². The van der Waals surface area contributed by atoms with E-state index in [1.165, 1.54) is 12.1 Å². The van der Waals surface area contributed by atoms with Crippen LogP contribution in [0.25, 0.3) is 0 Å². The van der Waals surface area contributed by atoms with Gasteiger partial charge in [0.15, 0.2) is 0 Å². The maximum absolute atomic E-state index is 13.9. The van der Waals surface area contributed by atoms with E-state index < -0.39 is 5.82 Å². The largest absolute Gasteiger partial charge is 0.497 e. The zero-order chi connectivity index (χ0) is 17.1. The standard InChI is InChI=1S/C18H18BrFN2O2/c1-24-15-4-2-3-14(12-15)21-7-9-22(10-8-21)18(23)16-11-13(19)5-6-17(16)20/h2-6,11-12H,7-10H2,1H3. The molecule has 0 radical (unpaired) electrons. The number of carbonyl (C=O) groups is 1. The molecule has 1 heterocycles. The van der Waals surface area contributed by atoms with Gasteiger partial charge in [0.1, 0.15) is 11.6 Å². The molecular formula is C18H18BrFN2O2. The van der Waals surface area contributed by atoms with Gasteiger partial charge in [-0.2, -0.15) is 0 Å². The Morgan fingerprint density at radius 3 is 2.58 bits per heavy atom. The molecule has 0 N–H and O–H groups in total. The third kappa shape index (κ3) is 3.53. The van der Waals surface area contributed by atoms with E-state index in [0.29, 0.717) is 30.7 Å². The SMILES string of the molecule is COc1cccc(N2CCN(C(=O)c3cc(Br)ccc3F)CC2)c1. The quantitative estimate of drug-likeness (QED) is 0.800. The number of nitrogens with zero attached hydrogens (tertiary/aromatic N) is 2. The lowest BCUT2D eigenvalue weighted by Crippen LogP contribution is -2.49. The van der Waals surface area contributed by atoms with Crippen LogP contribution in [0.4, 0.5) is 10.1 Å². The second kappa shape index (κ2) is 7.21. The van der Waals surface area contributed by atoms with Crippen LogP contribution in [0, 0.1) is 5.82 Å². The summed E-state index contributed by atoms with van der Waals surface area (Å²) in [6, 6.07) is 12.3. The highest BCUT2D eigenvalue weighted by Crippen LogP contribution is 2.23. The van der Waals surface area contributed by atoms with Gasteiger partial charge in [-0.3, -0.25) is 4.79 Å². The smallest absolute Gasteiger partial charge is 0.256 e. The third-order valence-corrected chi connectivity index (χ3v) is 4.64. The van der Waals surface area contributed by atoms with Crippen molar-refractivity contribution in [2.45, 2.75) is 0 Å². The monoisotopic (exact) mass is 392 g/mol. The van der Waals surface area contributed by atoms with Crippen LogP contribution in [0.3, 0.4) is 0 Å². The Labute approximate surface area is 149 Å². The molecule has 0 aromatic heterocycles. The molecular weight excluding hydrogens is 375 g/mol. The molecule has 0 aliphatic carbocycles. The lowest BCUT2D eigenvalue weighted by atomic mass is 10.1. The number of halogens is 2. The molecule has 0 unspecified atom stereocenters. The maximum Gasteiger partial charge on any atom is 0.256 e. The molecule has 3 rings (SSSR count). The molecule has 0 saturated carbocycles. The molecule has 0 atom stereocenters. The Morgan fingerprint density at radius 2 is 1.88 bits per heavy atom. The molecule has 24 heavy (non-hydrogen) atoms. The predicted octanol–water partition coefficient (Wildman–Crippen LogP) is 3.56.